The van der Waals surface area contributed by atoms with Crippen LogP contribution in [-0.2, 0) is 6.42 Å². The van der Waals surface area contributed by atoms with Crippen LogP contribution < -0.4 is 0 Å². The third-order valence-electron chi connectivity index (χ3n) is 1.79. The van der Waals surface area contributed by atoms with Gasteiger partial charge in [-0.25, -0.2) is 0 Å². The molecule has 12 heavy (non-hydrogen) atoms. The Morgan fingerprint density at radius 2 is 2.25 bits per heavy atom. The van der Waals surface area contributed by atoms with Gasteiger partial charge in [0.25, 0.3) is 0 Å². The Kier molecular flexibility index (Phi) is 3.02. The first-order chi connectivity index (χ1) is 5.72. The molecule has 0 saturated heterocycles. The lowest BCUT2D eigenvalue weighted by atomic mass is 10.1. The fourth-order valence-corrected chi connectivity index (χ4v) is 0.887. The van der Waals surface area contributed by atoms with Crippen molar-refractivity contribution in [2.45, 2.75) is 33.6 Å². The standard InChI is InChI=1S/C9H14N2O/c1-4-7(2)5-6-9-11-10-8(3)12-9/h4H,5-6H2,1-3H3/b7-4-. The van der Waals surface area contributed by atoms with Crippen LogP contribution in [0.2, 0.25) is 0 Å². The van der Waals surface area contributed by atoms with Crippen LogP contribution in [0.15, 0.2) is 16.1 Å². The molecule has 1 rings (SSSR count). The molecule has 0 unspecified atom stereocenters. The van der Waals surface area contributed by atoms with Crippen molar-refractivity contribution >= 4 is 0 Å². The highest BCUT2D eigenvalue weighted by molar-refractivity contribution is 4.97. The van der Waals surface area contributed by atoms with E-state index in [1.165, 1.54) is 5.57 Å². The molecule has 0 aliphatic carbocycles. The molecule has 3 heteroatoms. The summed E-state index contributed by atoms with van der Waals surface area (Å²) in [6.07, 6.45) is 3.94. The van der Waals surface area contributed by atoms with Gasteiger partial charge < -0.3 is 4.42 Å². The van der Waals surface area contributed by atoms with Crippen molar-refractivity contribution in [3.63, 3.8) is 0 Å². The molecule has 0 N–H and O–H groups in total. The van der Waals surface area contributed by atoms with Gasteiger partial charge in [0, 0.05) is 13.3 Å². The maximum atomic E-state index is 5.23. The van der Waals surface area contributed by atoms with Crippen molar-refractivity contribution < 1.29 is 4.42 Å². The van der Waals surface area contributed by atoms with Crippen LogP contribution in [-0.4, -0.2) is 10.2 Å². The Morgan fingerprint density at radius 1 is 1.50 bits per heavy atom. The maximum absolute atomic E-state index is 5.23. The molecule has 0 atom stereocenters. The molecule has 0 spiro atoms. The molecule has 0 aliphatic heterocycles. The molecule has 0 amide bonds. The van der Waals surface area contributed by atoms with Gasteiger partial charge in [-0.3, -0.25) is 0 Å². The van der Waals surface area contributed by atoms with E-state index in [1.807, 2.05) is 6.92 Å². The van der Waals surface area contributed by atoms with Crippen LogP contribution in [0.4, 0.5) is 0 Å². The third kappa shape index (κ3) is 2.49. The predicted molar refractivity (Wildman–Crippen MR) is 46.8 cm³/mol. The number of hydrogen-bond acceptors (Lipinski definition) is 3. The van der Waals surface area contributed by atoms with E-state index in [4.69, 9.17) is 4.42 Å². The van der Waals surface area contributed by atoms with Gasteiger partial charge in [0.05, 0.1) is 0 Å². The molecule has 1 aromatic heterocycles. The third-order valence-corrected chi connectivity index (χ3v) is 1.79. The van der Waals surface area contributed by atoms with Crippen LogP contribution in [0.25, 0.3) is 0 Å². The Labute approximate surface area is 72.5 Å². The highest BCUT2D eigenvalue weighted by Gasteiger charge is 2.01. The largest absolute Gasteiger partial charge is 0.426 e. The van der Waals surface area contributed by atoms with Crippen molar-refractivity contribution in [2.24, 2.45) is 0 Å². The van der Waals surface area contributed by atoms with E-state index in [-0.39, 0.29) is 0 Å². The summed E-state index contributed by atoms with van der Waals surface area (Å²) in [5, 5.41) is 7.66. The molecule has 0 aromatic carbocycles. The van der Waals surface area contributed by atoms with Crippen LogP contribution in [0.5, 0.6) is 0 Å². The predicted octanol–water partition coefficient (Wildman–Crippen LogP) is 2.28. The molecule has 0 aliphatic rings. The van der Waals surface area contributed by atoms with Crippen molar-refractivity contribution in [1.29, 1.82) is 0 Å². The van der Waals surface area contributed by atoms with Gasteiger partial charge in [-0.1, -0.05) is 11.6 Å². The SMILES string of the molecule is C/C=C(/C)CCc1nnc(C)o1. The number of nitrogens with zero attached hydrogens (tertiary/aromatic N) is 2. The van der Waals surface area contributed by atoms with Gasteiger partial charge in [-0.2, -0.15) is 0 Å². The average molecular weight is 166 g/mol. The van der Waals surface area contributed by atoms with Gasteiger partial charge >= 0.3 is 0 Å². The van der Waals surface area contributed by atoms with Crippen LogP contribution in [0, 0.1) is 6.92 Å². The lowest BCUT2D eigenvalue weighted by Crippen LogP contribution is -1.86. The van der Waals surface area contributed by atoms with Gasteiger partial charge in [-0.15, -0.1) is 10.2 Å². The zero-order valence-electron chi connectivity index (χ0n) is 7.79. The fraction of sp³-hybridized carbons (Fsp3) is 0.556. The van der Waals surface area contributed by atoms with E-state index in [0.717, 1.165) is 18.7 Å². The van der Waals surface area contributed by atoms with Crippen molar-refractivity contribution in [3.05, 3.63) is 23.4 Å². The molecule has 0 saturated carbocycles. The smallest absolute Gasteiger partial charge is 0.216 e. The monoisotopic (exact) mass is 166 g/mol. The zero-order valence-corrected chi connectivity index (χ0v) is 7.79. The fourth-order valence-electron chi connectivity index (χ4n) is 0.887. The Morgan fingerprint density at radius 3 is 2.75 bits per heavy atom. The van der Waals surface area contributed by atoms with Gasteiger partial charge in [0.1, 0.15) is 0 Å². The number of hydrogen-bond donors (Lipinski definition) is 0. The highest BCUT2D eigenvalue weighted by Crippen LogP contribution is 2.06. The van der Waals surface area contributed by atoms with Crippen LogP contribution in [0.1, 0.15) is 32.0 Å². The first-order valence-corrected chi connectivity index (χ1v) is 4.13. The summed E-state index contributed by atoms with van der Waals surface area (Å²) in [6, 6.07) is 0. The van der Waals surface area contributed by atoms with Crippen molar-refractivity contribution in [1.82, 2.24) is 10.2 Å². The zero-order chi connectivity index (χ0) is 8.97. The molecule has 0 fully saturated rings. The molecule has 0 bridgehead atoms. The quantitative estimate of drug-likeness (QED) is 0.646. The molecular weight excluding hydrogens is 152 g/mol. The Hall–Kier alpha value is -1.12. The molecule has 1 heterocycles. The number of allylic oxidation sites excluding steroid dienone is 2. The molecular formula is C9H14N2O. The Balaban J connectivity index is 2.43. The van der Waals surface area contributed by atoms with Crippen molar-refractivity contribution in [3.8, 4) is 0 Å². The highest BCUT2D eigenvalue weighted by atomic mass is 16.4. The molecule has 66 valence electrons. The van der Waals surface area contributed by atoms with Gasteiger partial charge in [-0.05, 0) is 20.3 Å². The second-order valence-corrected chi connectivity index (χ2v) is 2.85. The summed E-state index contributed by atoms with van der Waals surface area (Å²) in [6.45, 7) is 5.94. The molecule has 1 aromatic rings. The number of aromatic nitrogens is 2. The lowest BCUT2D eigenvalue weighted by molar-refractivity contribution is 0.466. The average Bonchev–Trinajstić information content (AvgIpc) is 2.47. The van der Waals surface area contributed by atoms with E-state index < -0.39 is 0 Å². The van der Waals surface area contributed by atoms with E-state index >= 15 is 0 Å². The van der Waals surface area contributed by atoms with Crippen LogP contribution in [0.3, 0.4) is 0 Å². The summed E-state index contributed by atoms with van der Waals surface area (Å²) in [4.78, 5) is 0. The van der Waals surface area contributed by atoms with Crippen LogP contribution >= 0.6 is 0 Å². The number of aryl methyl sites for hydroxylation is 2. The molecule has 3 nitrogen and oxygen atoms in total. The van der Waals surface area contributed by atoms with Crippen molar-refractivity contribution in [2.75, 3.05) is 0 Å². The Bertz CT molecular complexity index is 276. The first-order valence-electron chi connectivity index (χ1n) is 4.13. The lowest BCUT2D eigenvalue weighted by Gasteiger charge is -1.94. The van der Waals surface area contributed by atoms with E-state index in [1.54, 1.807) is 6.92 Å². The summed E-state index contributed by atoms with van der Waals surface area (Å²) in [7, 11) is 0. The van der Waals surface area contributed by atoms with Gasteiger partial charge in [0.2, 0.25) is 11.8 Å². The second kappa shape index (κ2) is 4.04. The minimum Gasteiger partial charge on any atom is -0.426 e. The summed E-state index contributed by atoms with van der Waals surface area (Å²) < 4.78 is 5.23. The number of rotatable bonds is 3. The minimum absolute atomic E-state index is 0.642. The molecule has 0 radical (unpaired) electrons. The van der Waals surface area contributed by atoms with E-state index in [2.05, 4.69) is 23.2 Å². The van der Waals surface area contributed by atoms with E-state index in [0.29, 0.717) is 5.89 Å². The normalized spacial score (nSPS) is 12.1. The summed E-state index contributed by atoms with van der Waals surface area (Å²) >= 11 is 0. The first kappa shape index (κ1) is 8.97. The minimum atomic E-state index is 0.642. The second-order valence-electron chi connectivity index (χ2n) is 2.85. The topological polar surface area (TPSA) is 38.9 Å². The summed E-state index contributed by atoms with van der Waals surface area (Å²) in [5.74, 6) is 1.37. The van der Waals surface area contributed by atoms with Gasteiger partial charge in [0.15, 0.2) is 0 Å². The van der Waals surface area contributed by atoms with E-state index in [9.17, 15) is 0 Å². The summed E-state index contributed by atoms with van der Waals surface area (Å²) in [5.41, 5.74) is 1.35. The maximum Gasteiger partial charge on any atom is 0.216 e.